The molecule has 5 rings (SSSR count). The first-order chi connectivity index (χ1) is 15.8. The normalized spacial score (nSPS) is 20.5. The van der Waals surface area contributed by atoms with Crippen molar-refractivity contribution in [3.05, 3.63) is 69.3 Å². The molecular formula is C22H19FN4O6. The molecular weight excluding hydrogens is 435 g/mol. The molecule has 0 saturated carbocycles. The summed E-state index contributed by atoms with van der Waals surface area (Å²) in [6, 6.07) is 9.07. The van der Waals surface area contributed by atoms with Crippen molar-refractivity contribution in [2.45, 2.75) is 24.9 Å². The summed E-state index contributed by atoms with van der Waals surface area (Å²) in [6.07, 6.45) is -1.56. The number of aliphatic hydroxyl groups excluding tert-OH is 2. The summed E-state index contributed by atoms with van der Waals surface area (Å²) in [5.41, 5.74) is 5.93. The molecule has 0 bridgehead atoms. The maximum atomic E-state index is 15.1. The first-order valence-electron chi connectivity index (χ1n) is 10.1. The Balaban J connectivity index is 1.53. The Morgan fingerprint density at radius 2 is 2.03 bits per heavy atom. The van der Waals surface area contributed by atoms with Crippen LogP contribution >= 0.6 is 0 Å². The first kappa shape index (κ1) is 21.1. The minimum atomic E-state index is -0.982. The molecule has 0 aliphatic carbocycles. The van der Waals surface area contributed by atoms with Crippen LogP contribution in [0.25, 0.3) is 33.7 Å². The number of halogens is 1. The topological polar surface area (TPSA) is 157 Å². The van der Waals surface area contributed by atoms with E-state index in [2.05, 4.69) is 9.97 Å². The molecule has 1 saturated heterocycles. The fourth-order valence-corrected chi connectivity index (χ4v) is 3.88. The Morgan fingerprint density at radius 1 is 1.21 bits per heavy atom. The zero-order valence-electron chi connectivity index (χ0n) is 17.1. The highest BCUT2D eigenvalue weighted by atomic mass is 19.1. The minimum Gasteiger partial charge on any atom is -0.436 e. The average molecular weight is 454 g/mol. The van der Waals surface area contributed by atoms with E-state index in [1.165, 1.54) is 18.3 Å². The molecule has 2 aromatic carbocycles. The van der Waals surface area contributed by atoms with E-state index in [1.807, 2.05) is 0 Å². The van der Waals surface area contributed by atoms with Crippen LogP contribution in [0.4, 0.5) is 10.1 Å². The zero-order chi connectivity index (χ0) is 23.3. The number of ether oxygens (including phenoxy) is 1. The molecule has 0 unspecified atom stereocenters. The molecule has 3 atom stereocenters. The highest BCUT2D eigenvalue weighted by molar-refractivity contribution is 5.79. The van der Waals surface area contributed by atoms with E-state index in [9.17, 15) is 19.8 Å². The maximum Gasteiger partial charge on any atom is 0.330 e. The third-order valence-electron chi connectivity index (χ3n) is 5.58. The summed E-state index contributed by atoms with van der Waals surface area (Å²) in [4.78, 5) is 31.2. The average Bonchev–Trinajstić information content (AvgIpc) is 3.37. The number of benzene rings is 2. The number of aromatic nitrogens is 3. The van der Waals surface area contributed by atoms with Crippen LogP contribution in [0.15, 0.2) is 56.6 Å². The van der Waals surface area contributed by atoms with Gasteiger partial charge in [-0.25, -0.2) is 14.2 Å². The fraction of sp³-hybridized carbons (Fsp3) is 0.227. The molecule has 10 nitrogen and oxygen atoms in total. The van der Waals surface area contributed by atoms with E-state index >= 15 is 4.39 Å². The molecule has 3 heterocycles. The lowest BCUT2D eigenvalue weighted by atomic mass is 10.1. The number of oxazole rings is 1. The summed E-state index contributed by atoms with van der Waals surface area (Å²) in [6.45, 7) is -0.429. The molecule has 2 aromatic heterocycles. The Hall–Kier alpha value is -3.80. The maximum absolute atomic E-state index is 15.1. The van der Waals surface area contributed by atoms with Crippen LogP contribution in [0, 0.1) is 5.82 Å². The fourth-order valence-electron chi connectivity index (χ4n) is 3.88. The van der Waals surface area contributed by atoms with Crippen molar-refractivity contribution < 1.29 is 23.8 Å². The summed E-state index contributed by atoms with van der Waals surface area (Å²) in [7, 11) is 0. The molecule has 0 radical (unpaired) electrons. The Bertz CT molecular complexity index is 1480. The summed E-state index contributed by atoms with van der Waals surface area (Å²) >= 11 is 0. The van der Waals surface area contributed by atoms with Crippen LogP contribution in [0.3, 0.4) is 0 Å². The van der Waals surface area contributed by atoms with Gasteiger partial charge in [-0.3, -0.25) is 14.3 Å². The van der Waals surface area contributed by atoms with Crippen molar-refractivity contribution in [1.29, 1.82) is 0 Å². The third-order valence-corrected chi connectivity index (χ3v) is 5.58. The number of anilines is 1. The molecule has 11 heteroatoms. The van der Waals surface area contributed by atoms with Crippen LogP contribution in [0.1, 0.15) is 12.6 Å². The lowest BCUT2D eigenvalue weighted by Crippen LogP contribution is -2.33. The van der Waals surface area contributed by atoms with E-state index in [4.69, 9.17) is 14.9 Å². The van der Waals surface area contributed by atoms with Gasteiger partial charge in [0.2, 0.25) is 5.89 Å². The van der Waals surface area contributed by atoms with Crippen molar-refractivity contribution in [2.75, 3.05) is 12.3 Å². The summed E-state index contributed by atoms with van der Waals surface area (Å²) < 4.78 is 27.3. The predicted molar refractivity (Wildman–Crippen MR) is 116 cm³/mol. The molecule has 170 valence electrons. The van der Waals surface area contributed by atoms with E-state index in [0.717, 1.165) is 4.57 Å². The molecule has 1 aliphatic heterocycles. The number of fused-ring (bicyclic) bond motifs is 1. The zero-order valence-corrected chi connectivity index (χ0v) is 17.1. The second-order valence-electron chi connectivity index (χ2n) is 7.76. The lowest BCUT2D eigenvalue weighted by molar-refractivity contribution is -0.0458. The van der Waals surface area contributed by atoms with Gasteiger partial charge in [-0.2, -0.15) is 0 Å². The van der Waals surface area contributed by atoms with E-state index in [0.29, 0.717) is 22.4 Å². The van der Waals surface area contributed by atoms with Gasteiger partial charge in [0.1, 0.15) is 23.7 Å². The van der Waals surface area contributed by atoms with Crippen molar-refractivity contribution in [3.63, 3.8) is 0 Å². The number of H-pyrrole nitrogens is 1. The number of nitrogens with one attached hydrogen (secondary N) is 1. The van der Waals surface area contributed by atoms with Crippen molar-refractivity contribution in [3.8, 4) is 22.6 Å². The summed E-state index contributed by atoms with van der Waals surface area (Å²) in [5.74, 6) is -0.547. The van der Waals surface area contributed by atoms with E-state index < -0.39 is 42.1 Å². The Kier molecular flexibility index (Phi) is 5.08. The first-order valence-corrected chi connectivity index (χ1v) is 10.1. The molecule has 5 N–H and O–H groups in total. The molecule has 0 amide bonds. The third kappa shape index (κ3) is 3.71. The van der Waals surface area contributed by atoms with Crippen LogP contribution in [-0.2, 0) is 4.74 Å². The Labute approximate surface area is 184 Å². The van der Waals surface area contributed by atoms with Gasteiger partial charge in [0.05, 0.1) is 18.3 Å². The number of aromatic amines is 1. The smallest absolute Gasteiger partial charge is 0.330 e. The second kappa shape index (κ2) is 7.96. The quantitative estimate of drug-likeness (QED) is 0.337. The largest absolute Gasteiger partial charge is 0.436 e. The SMILES string of the molecule is Nc1ccc2oc(-c3ccc(-c4cn([C@H]5C[C@H](O)[C@@H](CO)O5)c(=O)[nH]c4=O)c(F)c3)nc2c1. The van der Waals surface area contributed by atoms with Gasteiger partial charge in [0, 0.05) is 29.4 Å². The Morgan fingerprint density at radius 3 is 2.76 bits per heavy atom. The van der Waals surface area contributed by atoms with Gasteiger partial charge >= 0.3 is 5.69 Å². The lowest BCUT2D eigenvalue weighted by Gasteiger charge is -2.15. The number of hydrogen-bond acceptors (Lipinski definition) is 8. The summed E-state index contributed by atoms with van der Waals surface area (Å²) in [5, 5.41) is 19.2. The van der Waals surface area contributed by atoms with Crippen LogP contribution in [0.2, 0.25) is 0 Å². The number of rotatable bonds is 4. The monoisotopic (exact) mass is 454 g/mol. The number of nitrogens with zero attached hydrogens (tertiary/aromatic N) is 2. The number of aliphatic hydroxyl groups is 2. The highest BCUT2D eigenvalue weighted by Crippen LogP contribution is 2.31. The van der Waals surface area contributed by atoms with Crippen LogP contribution in [-0.4, -0.2) is 43.6 Å². The van der Waals surface area contributed by atoms with Gasteiger partial charge in [0.25, 0.3) is 5.56 Å². The molecule has 1 fully saturated rings. The van der Waals surface area contributed by atoms with E-state index in [-0.39, 0.29) is 23.4 Å². The van der Waals surface area contributed by atoms with Crippen LogP contribution in [0.5, 0.6) is 0 Å². The molecule has 0 spiro atoms. The number of nitrogen functional groups attached to an aromatic ring is 1. The minimum absolute atomic E-state index is 0.0280. The van der Waals surface area contributed by atoms with Gasteiger partial charge in [0.15, 0.2) is 5.58 Å². The van der Waals surface area contributed by atoms with Gasteiger partial charge in [-0.05, 0) is 30.3 Å². The standard InChI is InChI=1S/C22H19FN4O6/c23-14-5-10(21-25-15-6-11(24)2-4-17(15)33-21)1-3-12(14)13-8-27(22(31)26-20(13)30)19-7-16(29)18(9-28)32-19/h1-6,8,16,18-19,28-29H,7,9,24H2,(H,26,30,31)/t16-,18+,19+/m0/s1. The second-order valence-corrected chi connectivity index (χ2v) is 7.76. The van der Waals surface area contributed by atoms with Crippen molar-refractivity contribution in [2.24, 2.45) is 0 Å². The van der Waals surface area contributed by atoms with E-state index in [1.54, 1.807) is 24.3 Å². The van der Waals surface area contributed by atoms with Gasteiger partial charge < -0.3 is 25.1 Å². The number of nitrogens with two attached hydrogens (primary N) is 1. The van der Waals surface area contributed by atoms with Gasteiger partial charge in [-0.1, -0.05) is 6.07 Å². The van der Waals surface area contributed by atoms with Gasteiger partial charge in [-0.15, -0.1) is 0 Å². The van der Waals surface area contributed by atoms with Crippen molar-refractivity contribution in [1.82, 2.24) is 14.5 Å². The van der Waals surface area contributed by atoms with Crippen molar-refractivity contribution >= 4 is 16.8 Å². The number of hydrogen-bond donors (Lipinski definition) is 4. The molecule has 1 aliphatic rings. The van der Waals surface area contributed by atoms with Crippen LogP contribution < -0.4 is 17.0 Å². The molecule has 4 aromatic rings. The highest BCUT2D eigenvalue weighted by Gasteiger charge is 2.35. The predicted octanol–water partition coefficient (Wildman–Crippen LogP) is 1.37. The molecule has 33 heavy (non-hydrogen) atoms.